The Morgan fingerprint density at radius 3 is 2.62 bits per heavy atom. The zero-order chi connectivity index (χ0) is 16.9. The van der Waals surface area contributed by atoms with Gasteiger partial charge >= 0.3 is 0 Å². The maximum Gasteiger partial charge on any atom is 0.263 e. The Bertz CT molecular complexity index is 696. The zero-order valence-corrected chi connectivity index (χ0v) is 14.5. The number of carbonyl (C=O) groups excluding carboxylic acids is 1. The van der Waals surface area contributed by atoms with Crippen LogP contribution in [0.2, 0.25) is 0 Å². The van der Waals surface area contributed by atoms with Crippen molar-refractivity contribution in [2.45, 2.75) is 45.3 Å². The van der Waals surface area contributed by atoms with Crippen molar-refractivity contribution in [3.8, 4) is 5.75 Å². The van der Waals surface area contributed by atoms with Gasteiger partial charge in [0.2, 0.25) is 0 Å². The molecule has 3 nitrogen and oxygen atoms in total. The van der Waals surface area contributed by atoms with Crippen molar-refractivity contribution in [1.29, 1.82) is 0 Å². The van der Waals surface area contributed by atoms with Crippen molar-refractivity contribution in [3.05, 3.63) is 65.2 Å². The molecular formula is C21H25NO2. The predicted molar refractivity (Wildman–Crippen MR) is 96.1 cm³/mol. The summed E-state index contributed by atoms with van der Waals surface area (Å²) in [6.45, 7) is 2.44. The molecule has 0 N–H and O–H groups in total. The molecular weight excluding hydrogens is 298 g/mol. The topological polar surface area (TPSA) is 29.5 Å². The Morgan fingerprint density at radius 2 is 1.83 bits per heavy atom. The summed E-state index contributed by atoms with van der Waals surface area (Å²) < 4.78 is 6.04. The number of hydrogen-bond donors (Lipinski definition) is 0. The van der Waals surface area contributed by atoms with Crippen LogP contribution in [-0.4, -0.2) is 24.0 Å². The quantitative estimate of drug-likeness (QED) is 0.832. The Labute approximate surface area is 144 Å². The predicted octanol–water partition coefficient (Wildman–Crippen LogP) is 3.99. The maximum atomic E-state index is 12.6. The number of carbonyl (C=O) groups is 1. The molecule has 1 aliphatic carbocycles. The lowest BCUT2D eigenvalue weighted by atomic mass is 9.91. The van der Waals surface area contributed by atoms with Crippen molar-refractivity contribution in [2.24, 2.45) is 0 Å². The van der Waals surface area contributed by atoms with Gasteiger partial charge in [-0.2, -0.15) is 0 Å². The van der Waals surface area contributed by atoms with Gasteiger partial charge in [-0.3, -0.25) is 4.79 Å². The first-order valence-corrected chi connectivity index (χ1v) is 8.71. The lowest BCUT2D eigenvalue weighted by molar-refractivity contribution is -0.137. The highest BCUT2D eigenvalue weighted by atomic mass is 16.5. The molecule has 1 aliphatic rings. The van der Waals surface area contributed by atoms with E-state index >= 15 is 0 Å². The van der Waals surface area contributed by atoms with Crippen molar-refractivity contribution < 1.29 is 9.53 Å². The molecule has 0 aromatic heterocycles. The third-order valence-electron chi connectivity index (χ3n) is 4.64. The molecule has 1 atom stereocenters. The largest absolute Gasteiger partial charge is 0.481 e. The molecule has 0 unspecified atom stereocenters. The van der Waals surface area contributed by atoms with Gasteiger partial charge in [-0.25, -0.2) is 0 Å². The van der Waals surface area contributed by atoms with Crippen LogP contribution in [0, 0.1) is 0 Å². The lowest BCUT2D eigenvalue weighted by Crippen LogP contribution is -2.37. The monoisotopic (exact) mass is 323 g/mol. The molecule has 3 heteroatoms. The molecule has 126 valence electrons. The van der Waals surface area contributed by atoms with Crippen molar-refractivity contribution in [1.82, 2.24) is 4.90 Å². The van der Waals surface area contributed by atoms with Crippen LogP contribution in [0.1, 0.15) is 36.5 Å². The van der Waals surface area contributed by atoms with Gasteiger partial charge in [-0.1, -0.05) is 42.5 Å². The SMILES string of the molecule is C[C@H](Oc1cccc2c1CCCC2)C(=O)N(C)Cc1ccccc1. The number of ether oxygens (including phenoxy) is 1. The number of benzene rings is 2. The normalized spacial score (nSPS) is 14.6. The highest BCUT2D eigenvalue weighted by Crippen LogP contribution is 2.30. The average molecular weight is 323 g/mol. The van der Waals surface area contributed by atoms with Gasteiger partial charge < -0.3 is 9.64 Å². The average Bonchev–Trinajstić information content (AvgIpc) is 2.62. The van der Waals surface area contributed by atoms with Crippen LogP contribution in [0.5, 0.6) is 5.75 Å². The van der Waals surface area contributed by atoms with Crippen LogP contribution < -0.4 is 4.74 Å². The second-order valence-corrected chi connectivity index (χ2v) is 6.54. The number of likely N-dealkylation sites (N-methyl/N-ethyl adjacent to an activating group) is 1. The number of rotatable bonds is 5. The van der Waals surface area contributed by atoms with Crippen molar-refractivity contribution in [3.63, 3.8) is 0 Å². The molecule has 24 heavy (non-hydrogen) atoms. The van der Waals surface area contributed by atoms with E-state index in [4.69, 9.17) is 4.74 Å². The van der Waals surface area contributed by atoms with Crippen LogP contribution in [0.25, 0.3) is 0 Å². The van der Waals surface area contributed by atoms with E-state index in [1.165, 1.54) is 24.0 Å². The molecule has 0 fully saturated rings. The van der Waals surface area contributed by atoms with Gasteiger partial charge in [0.05, 0.1) is 0 Å². The standard InChI is InChI=1S/C21H25NO2/c1-16(21(23)22(2)15-17-9-4-3-5-10-17)24-20-14-8-12-18-11-6-7-13-19(18)20/h3-5,8-10,12,14,16H,6-7,11,13,15H2,1-2H3/t16-/m0/s1. The summed E-state index contributed by atoms with van der Waals surface area (Å²) in [5.41, 5.74) is 3.78. The maximum absolute atomic E-state index is 12.6. The Kier molecular flexibility index (Phi) is 5.19. The lowest BCUT2D eigenvalue weighted by Gasteiger charge is -2.25. The van der Waals surface area contributed by atoms with E-state index in [-0.39, 0.29) is 5.91 Å². The second kappa shape index (κ2) is 7.52. The molecule has 0 bridgehead atoms. The molecule has 0 saturated heterocycles. The van der Waals surface area contributed by atoms with Crippen LogP contribution in [-0.2, 0) is 24.2 Å². The summed E-state index contributed by atoms with van der Waals surface area (Å²) in [4.78, 5) is 14.4. The minimum atomic E-state index is -0.480. The van der Waals surface area contributed by atoms with E-state index in [0.29, 0.717) is 6.54 Å². The number of nitrogens with zero attached hydrogens (tertiary/aromatic N) is 1. The highest BCUT2D eigenvalue weighted by Gasteiger charge is 2.22. The first-order chi connectivity index (χ1) is 11.6. The van der Waals surface area contributed by atoms with Crippen LogP contribution >= 0.6 is 0 Å². The van der Waals surface area contributed by atoms with Crippen molar-refractivity contribution >= 4 is 5.91 Å². The number of fused-ring (bicyclic) bond motifs is 1. The van der Waals surface area contributed by atoms with E-state index in [1.807, 2.05) is 56.4 Å². The molecule has 0 spiro atoms. The van der Waals surface area contributed by atoms with Gasteiger partial charge in [-0.15, -0.1) is 0 Å². The smallest absolute Gasteiger partial charge is 0.263 e. The summed E-state index contributed by atoms with van der Waals surface area (Å²) in [6.07, 6.45) is 4.12. The summed E-state index contributed by atoms with van der Waals surface area (Å²) in [5, 5.41) is 0. The molecule has 0 heterocycles. The first-order valence-electron chi connectivity index (χ1n) is 8.71. The summed E-state index contributed by atoms with van der Waals surface area (Å²) in [7, 11) is 1.83. The van der Waals surface area contributed by atoms with Gasteiger partial charge in [0.25, 0.3) is 5.91 Å². The molecule has 1 amide bonds. The summed E-state index contributed by atoms with van der Waals surface area (Å²) >= 11 is 0. The molecule has 0 radical (unpaired) electrons. The Balaban J connectivity index is 1.66. The van der Waals surface area contributed by atoms with Crippen LogP contribution in [0.4, 0.5) is 0 Å². The summed E-state index contributed by atoms with van der Waals surface area (Å²) in [5.74, 6) is 0.883. The molecule has 2 aromatic rings. The third-order valence-corrected chi connectivity index (χ3v) is 4.64. The molecule has 0 saturated carbocycles. The summed E-state index contributed by atoms with van der Waals surface area (Å²) in [6, 6.07) is 16.2. The van der Waals surface area contributed by atoms with Crippen LogP contribution in [0.15, 0.2) is 48.5 Å². The van der Waals surface area contributed by atoms with E-state index in [0.717, 1.165) is 24.2 Å². The van der Waals surface area contributed by atoms with Gasteiger partial charge in [0.15, 0.2) is 6.10 Å². The van der Waals surface area contributed by atoms with E-state index in [9.17, 15) is 4.79 Å². The number of hydrogen-bond acceptors (Lipinski definition) is 2. The molecule has 3 rings (SSSR count). The fourth-order valence-corrected chi connectivity index (χ4v) is 3.34. The minimum absolute atomic E-state index is 0.00673. The first kappa shape index (κ1) is 16.6. The highest BCUT2D eigenvalue weighted by molar-refractivity contribution is 5.80. The Morgan fingerprint density at radius 1 is 1.08 bits per heavy atom. The van der Waals surface area contributed by atoms with Crippen LogP contribution in [0.3, 0.4) is 0 Å². The van der Waals surface area contributed by atoms with Gasteiger partial charge in [0.1, 0.15) is 5.75 Å². The zero-order valence-electron chi connectivity index (χ0n) is 14.5. The number of amides is 1. The third kappa shape index (κ3) is 3.78. The number of aryl methyl sites for hydroxylation is 1. The van der Waals surface area contributed by atoms with E-state index in [1.54, 1.807) is 4.90 Å². The fourth-order valence-electron chi connectivity index (χ4n) is 3.34. The van der Waals surface area contributed by atoms with E-state index < -0.39 is 6.10 Å². The molecule has 0 aliphatic heterocycles. The fraction of sp³-hybridized carbons (Fsp3) is 0.381. The molecule has 2 aromatic carbocycles. The second-order valence-electron chi connectivity index (χ2n) is 6.54. The minimum Gasteiger partial charge on any atom is -0.481 e. The van der Waals surface area contributed by atoms with Gasteiger partial charge in [-0.05, 0) is 55.4 Å². The van der Waals surface area contributed by atoms with Gasteiger partial charge in [0, 0.05) is 13.6 Å². The van der Waals surface area contributed by atoms with Crippen molar-refractivity contribution in [2.75, 3.05) is 7.05 Å². The Hall–Kier alpha value is -2.29. The van der Waals surface area contributed by atoms with E-state index in [2.05, 4.69) is 6.07 Å².